The number of hydrogen-bond donors (Lipinski definition) is 3. The molecule has 0 bridgehead atoms. The average Bonchev–Trinajstić information content (AvgIpc) is 4.16. The van der Waals surface area contributed by atoms with Crippen LogP contribution in [0, 0.1) is 13.8 Å². The maximum absolute atomic E-state index is 13.9. The van der Waals surface area contributed by atoms with E-state index in [1.165, 1.54) is 36.3 Å². The minimum atomic E-state index is -0.726. The number of imidazole rings is 1. The number of amides is 6. The second-order valence-electron chi connectivity index (χ2n) is 16.6. The lowest BCUT2D eigenvalue weighted by atomic mass is 10.1. The molecular weight excluding hydrogens is 901 g/mol. The second kappa shape index (κ2) is 19.9. The normalized spacial score (nSPS) is 12.6. The van der Waals surface area contributed by atoms with Crippen molar-refractivity contribution in [2.24, 2.45) is 11.5 Å². The van der Waals surface area contributed by atoms with Crippen molar-refractivity contribution in [1.29, 1.82) is 0 Å². The van der Waals surface area contributed by atoms with E-state index < -0.39 is 29.5 Å². The number of aryl methyl sites for hydroxylation is 4. The molecule has 7 aromatic rings. The van der Waals surface area contributed by atoms with Gasteiger partial charge in [-0.05, 0) is 76.6 Å². The number of fused-ring (bicyclic) bond motifs is 4. The van der Waals surface area contributed by atoms with Gasteiger partial charge in [-0.3, -0.25) is 48.3 Å². The number of benzene rings is 2. The molecule has 0 spiro atoms. The Labute approximate surface area is 400 Å². The third kappa shape index (κ3) is 9.42. The molecule has 0 saturated carbocycles. The molecule has 22 nitrogen and oxygen atoms in total. The average molecular weight is 953 g/mol. The summed E-state index contributed by atoms with van der Waals surface area (Å²) in [6, 6.07) is 11.8. The first-order valence-corrected chi connectivity index (χ1v) is 22.6. The van der Waals surface area contributed by atoms with Gasteiger partial charge >= 0.3 is 0 Å². The lowest BCUT2D eigenvalue weighted by molar-refractivity contribution is -0.138. The molecule has 6 heterocycles. The predicted octanol–water partition coefficient (Wildman–Crippen LogP) is 3.91. The van der Waals surface area contributed by atoms with Gasteiger partial charge in [0.1, 0.15) is 33.9 Å². The largest absolute Gasteiger partial charge is 0.495 e. The smallest absolute Gasteiger partial charge is 0.276 e. The first-order valence-electron chi connectivity index (χ1n) is 22.6. The van der Waals surface area contributed by atoms with E-state index >= 15 is 0 Å². The highest BCUT2D eigenvalue weighted by Crippen LogP contribution is 2.37. The van der Waals surface area contributed by atoms with Gasteiger partial charge in [0.2, 0.25) is 23.7 Å². The van der Waals surface area contributed by atoms with Crippen LogP contribution in [0.25, 0.3) is 44.4 Å². The van der Waals surface area contributed by atoms with Crippen LogP contribution in [0.5, 0.6) is 11.5 Å². The maximum atomic E-state index is 13.9. The van der Waals surface area contributed by atoms with Crippen molar-refractivity contribution in [3.8, 4) is 22.9 Å². The first-order chi connectivity index (χ1) is 33.6. The summed E-state index contributed by atoms with van der Waals surface area (Å²) in [5.41, 5.74) is 17.7. The van der Waals surface area contributed by atoms with Crippen LogP contribution in [0.15, 0.2) is 66.8 Å². The number of carbonyl (C=O) groups is 6. The number of anilines is 1. The van der Waals surface area contributed by atoms with Crippen molar-refractivity contribution >= 4 is 74.4 Å². The molecule has 8 rings (SSSR count). The van der Waals surface area contributed by atoms with Gasteiger partial charge in [-0.15, -0.1) is 10.2 Å². The number of primary amides is 2. The van der Waals surface area contributed by atoms with Crippen LogP contribution in [0.2, 0.25) is 0 Å². The summed E-state index contributed by atoms with van der Waals surface area (Å²) >= 11 is 0. The van der Waals surface area contributed by atoms with Gasteiger partial charge in [-0.1, -0.05) is 12.2 Å². The monoisotopic (exact) mass is 952 g/mol. The third-order valence-corrected chi connectivity index (χ3v) is 11.9. The highest BCUT2D eigenvalue weighted by Gasteiger charge is 2.26. The number of imide groups is 1. The molecule has 0 aliphatic carbocycles. The first kappa shape index (κ1) is 47.8. The van der Waals surface area contributed by atoms with Gasteiger partial charge in [0, 0.05) is 81.4 Å². The van der Waals surface area contributed by atoms with E-state index in [0.29, 0.717) is 75.3 Å². The number of nitrogens with zero attached hydrogens (tertiary/aromatic N) is 11. The molecular formula is C48H52N14O8. The zero-order chi connectivity index (χ0) is 50.0. The fourth-order valence-electron chi connectivity index (χ4n) is 8.48. The highest BCUT2D eigenvalue weighted by atomic mass is 16.5. The van der Waals surface area contributed by atoms with E-state index in [1.54, 1.807) is 41.4 Å². The van der Waals surface area contributed by atoms with Crippen molar-refractivity contribution in [1.82, 2.24) is 53.7 Å². The molecule has 5 aromatic heterocycles. The Morgan fingerprint density at radius 3 is 2.14 bits per heavy atom. The molecule has 2 aromatic carbocycles. The second-order valence-corrected chi connectivity index (χ2v) is 16.6. The summed E-state index contributed by atoms with van der Waals surface area (Å²) < 4.78 is 19.4. The van der Waals surface area contributed by atoms with E-state index in [9.17, 15) is 28.8 Å². The summed E-state index contributed by atoms with van der Waals surface area (Å²) in [6.07, 6.45) is 6.47. The molecule has 5 N–H and O–H groups in total. The Morgan fingerprint density at radius 2 is 1.46 bits per heavy atom. The Balaban J connectivity index is 1.13. The van der Waals surface area contributed by atoms with E-state index in [1.807, 2.05) is 54.3 Å². The number of nitrogens with two attached hydrogens (primary N) is 2. The Kier molecular flexibility index (Phi) is 13.6. The zero-order valence-corrected chi connectivity index (χ0v) is 39.6. The summed E-state index contributed by atoms with van der Waals surface area (Å²) in [5, 5.41) is 21.8. The minimum Gasteiger partial charge on any atom is -0.495 e. The van der Waals surface area contributed by atoms with Crippen molar-refractivity contribution in [3.05, 3.63) is 95.0 Å². The van der Waals surface area contributed by atoms with Crippen LogP contribution in [0.3, 0.4) is 0 Å². The molecule has 1 aliphatic heterocycles. The molecule has 1 aliphatic rings. The van der Waals surface area contributed by atoms with Crippen molar-refractivity contribution in [2.45, 2.75) is 66.7 Å². The molecule has 0 unspecified atom stereocenters. The van der Waals surface area contributed by atoms with Gasteiger partial charge in [-0.25, -0.2) is 4.98 Å². The van der Waals surface area contributed by atoms with E-state index in [2.05, 4.69) is 25.7 Å². The number of methoxy groups -OCH3 is 1. The van der Waals surface area contributed by atoms with Gasteiger partial charge in [0.05, 0.1) is 47.3 Å². The topological polar surface area (TPSA) is 276 Å². The lowest BCUT2D eigenvalue weighted by Gasteiger charge is -2.19. The quantitative estimate of drug-likeness (QED) is 0.0556. The van der Waals surface area contributed by atoms with Crippen LogP contribution in [0.1, 0.15) is 69.3 Å². The summed E-state index contributed by atoms with van der Waals surface area (Å²) in [5.74, 6) is -2.21. The summed E-state index contributed by atoms with van der Waals surface area (Å²) in [6.45, 7) is 9.36. The predicted molar refractivity (Wildman–Crippen MR) is 258 cm³/mol. The van der Waals surface area contributed by atoms with Crippen LogP contribution >= 0.6 is 0 Å². The van der Waals surface area contributed by atoms with Crippen LogP contribution in [-0.2, 0) is 40.6 Å². The van der Waals surface area contributed by atoms with Gasteiger partial charge in [-0.2, -0.15) is 10.2 Å². The number of aromatic nitrogens is 9. The number of carbonyl (C=O) groups excluding carboxylic acids is 6. The lowest BCUT2D eigenvalue weighted by Crippen LogP contribution is -2.36. The maximum Gasteiger partial charge on any atom is 0.276 e. The molecule has 0 saturated heterocycles. The van der Waals surface area contributed by atoms with Gasteiger partial charge < -0.3 is 35.0 Å². The van der Waals surface area contributed by atoms with E-state index in [0.717, 1.165) is 16.3 Å². The van der Waals surface area contributed by atoms with Gasteiger partial charge in [0.15, 0.2) is 0 Å². The summed E-state index contributed by atoms with van der Waals surface area (Å²) in [7, 11) is 3.13. The molecule has 22 heteroatoms. The molecule has 6 amide bonds. The van der Waals surface area contributed by atoms with Crippen LogP contribution in [0.4, 0.5) is 5.95 Å². The number of allylic oxidation sites excluding steroid dienone is 2. The fourth-order valence-corrected chi connectivity index (χ4v) is 8.48. The van der Waals surface area contributed by atoms with E-state index in [4.69, 9.17) is 25.9 Å². The molecule has 362 valence electrons. The third-order valence-electron chi connectivity index (χ3n) is 11.9. The minimum absolute atomic E-state index is 0.0356. The SMILES string of the molecule is CCn1nc(C)cc1C(=O)Nc1nc2cc(C(N)=O)cc(OCCCN(C)C(=O)CCN3C(=O)C=CC3=O)c2n1C/C=C/Cn1c2cc(-c3cc(C)nn3CC)nnc2c2cc(C(N)=O)cc(OC)c21. The van der Waals surface area contributed by atoms with E-state index in [-0.39, 0.29) is 67.9 Å². The van der Waals surface area contributed by atoms with Crippen molar-refractivity contribution < 1.29 is 38.2 Å². The Morgan fingerprint density at radius 1 is 0.800 bits per heavy atom. The van der Waals surface area contributed by atoms with Crippen molar-refractivity contribution in [3.63, 3.8) is 0 Å². The Hall–Kier alpha value is -8.69. The fraction of sp³-hybridized carbons (Fsp3) is 0.312. The van der Waals surface area contributed by atoms with Crippen molar-refractivity contribution in [2.75, 3.05) is 39.2 Å². The molecule has 0 fully saturated rings. The number of rotatable bonds is 20. The zero-order valence-electron chi connectivity index (χ0n) is 39.6. The number of hydrogen-bond acceptors (Lipinski definition) is 13. The molecule has 0 atom stereocenters. The van der Waals surface area contributed by atoms with Crippen LogP contribution < -0.4 is 26.3 Å². The Bertz CT molecular complexity index is 3300. The highest BCUT2D eigenvalue weighted by molar-refractivity contribution is 6.13. The standard InChI is InChI=1S/C48H52N14O8/c1-7-61-34(20-27(3)55-61)32-26-35-42(54-53-32)31-22-29(45(49)66)24-37(69-6)43(31)58(35)16-9-10-17-60-44-33(51-48(60)52-47(68)36-21-28(4)56-62(36)8-2)23-30(46(50)67)25-38(44)70-19-11-15-57(5)39(63)14-18-59-40(64)12-13-41(59)65/h9-10,12-13,20-26H,7-8,11,14-19H2,1-6H3,(H2,49,66)(H2,50,67)(H,51,52,68)/b10-9+. The number of ether oxygens (including phenoxy) is 2. The summed E-state index contributed by atoms with van der Waals surface area (Å²) in [4.78, 5) is 83.2. The number of nitrogens with one attached hydrogen (secondary N) is 1. The van der Waals surface area contributed by atoms with Gasteiger partial charge in [0.25, 0.3) is 17.7 Å². The van der Waals surface area contributed by atoms with Crippen LogP contribution in [-0.4, -0.2) is 123 Å². The molecule has 70 heavy (non-hydrogen) atoms. The molecule has 0 radical (unpaired) electrons.